The molecular weight excluding hydrogens is 703 g/mol. The lowest BCUT2D eigenvalue weighted by Crippen LogP contribution is -2.55. The van der Waals surface area contributed by atoms with E-state index in [2.05, 4.69) is 90.0 Å². The highest BCUT2D eigenvalue weighted by atomic mass is 32.1. The normalized spacial score (nSPS) is 17.9. The highest BCUT2D eigenvalue weighted by Crippen LogP contribution is 2.33. The molecule has 2 aliphatic rings. The third-order valence-corrected chi connectivity index (χ3v) is 13.1. The van der Waals surface area contributed by atoms with E-state index in [1.54, 1.807) is 23.3 Å². The van der Waals surface area contributed by atoms with Gasteiger partial charge >= 0.3 is 6.03 Å². The van der Waals surface area contributed by atoms with E-state index in [9.17, 15) is 14.7 Å². The van der Waals surface area contributed by atoms with Gasteiger partial charge in [-0.25, -0.2) is 9.78 Å². The standard InChI is InChI=1S/C46H69N5O3S/c1-33(2)43(49-46(54)50(5)31-40-32-55-45(48-40)34(3)4)44(53)47-39(26-35-18-10-6-11-19-35)28-42(52)41(27-36-20-12-7-13-21-36)51(29-37-22-14-8-15-23-37)30-38-24-16-9-17-25-38/h8-9,14-17,22-25,32-36,39,41-43,52H,6-7,10-13,18-21,26-31H2,1-5H3,(H,47,53)(H,49,54)/t39-,41-,42?,43-/m0/s1. The van der Waals surface area contributed by atoms with E-state index in [-0.39, 0.29) is 29.9 Å². The first-order valence-corrected chi connectivity index (χ1v) is 22.2. The van der Waals surface area contributed by atoms with Crippen molar-refractivity contribution in [1.29, 1.82) is 0 Å². The number of nitrogens with one attached hydrogen (secondary N) is 2. The van der Waals surface area contributed by atoms with Crippen LogP contribution in [0.5, 0.6) is 0 Å². The number of rotatable bonds is 19. The lowest BCUT2D eigenvalue weighted by atomic mass is 9.80. The Morgan fingerprint density at radius 2 is 1.33 bits per heavy atom. The van der Waals surface area contributed by atoms with Gasteiger partial charge in [-0.15, -0.1) is 11.3 Å². The first-order chi connectivity index (χ1) is 26.5. The van der Waals surface area contributed by atoms with Crippen LogP contribution in [0, 0.1) is 17.8 Å². The number of hydrogen-bond donors (Lipinski definition) is 3. The smallest absolute Gasteiger partial charge is 0.318 e. The van der Waals surface area contributed by atoms with Crippen molar-refractivity contribution in [2.24, 2.45) is 17.8 Å². The number of carbonyl (C=O) groups excluding carboxylic acids is 2. The average Bonchev–Trinajstić information content (AvgIpc) is 3.66. The van der Waals surface area contributed by atoms with Crippen LogP contribution >= 0.6 is 11.3 Å². The van der Waals surface area contributed by atoms with Crippen LogP contribution < -0.4 is 10.6 Å². The largest absolute Gasteiger partial charge is 0.391 e. The highest BCUT2D eigenvalue weighted by molar-refractivity contribution is 7.09. The summed E-state index contributed by atoms with van der Waals surface area (Å²) in [6, 6.07) is 20.0. The van der Waals surface area contributed by atoms with Gasteiger partial charge in [0.1, 0.15) is 6.04 Å². The minimum Gasteiger partial charge on any atom is -0.391 e. The molecule has 302 valence electrons. The van der Waals surface area contributed by atoms with Gasteiger partial charge in [-0.2, -0.15) is 0 Å². The Balaban J connectivity index is 1.35. The van der Waals surface area contributed by atoms with Crippen LogP contribution in [0.3, 0.4) is 0 Å². The molecule has 5 rings (SSSR count). The highest BCUT2D eigenvalue weighted by Gasteiger charge is 2.34. The summed E-state index contributed by atoms with van der Waals surface area (Å²) in [5.74, 6) is 1.14. The molecule has 9 heteroatoms. The van der Waals surface area contributed by atoms with Crippen LogP contribution in [-0.4, -0.2) is 63.1 Å². The van der Waals surface area contributed by atoms with Gasteiger partial charge in [-0.05, 0) is 48.1 Å². The number of amides is 3. The Hall–Kier alpha value is -3.27. The maximum atomic E-state index is 14.3. The number of benzene rings is 2. The Morgan fingerprint density at radius 1 is 0.782 bits per heavy atom. The molecule has 0 aliphatic heterocycles. The molecule has 4 atom stereocenters. The van der Waals surface area contributed by atoms with Crippen molar-refractivity contribution in [3.8, 4) is 0 Å². The number of aliphatic hydroxyl groups excluding tert-OH is 1. The zero-order valence-electron chi connectivity index (χ0n) is 34.3. The van der Waals surface area contributed by atoms with E-state index in [0.717, 1.165) is 49.5 Å². The lowest BCUT2D eigenvalue weighted by molar-refractivity contribution is -0.125. The van der Waals surface area contributed by atoms with Crippen LogP contribution in [-0.2, 0) is 24.4 Å². The molecule has 2 fully saturated rings. The molecule has 1 heterocycles. The van der Waals surface area contributed by atoms with E-state index in [1.807, 2.05) is 19.2 Å². The number of aromatic nitrogens is 1. The van der Waals surface area contributed by atoms with E-state index in [4.69, 9.17) is 4.98 Å². The molecule has 55 heavy (non-hydrogen) atoms. The van der Waals surface area contributed by atoms with Crippen molar-refractivity contribution in [3.63, 3.8) is 0 Å². The number of hydrogen-bond acceptors (Lipinski definition) is 6. The molecule has 0 saturated heterocycles. The van der Waals surface area contributed by atoms with Gasteiger partial charge in [0.25, 0.3) is 0 Å². The topological polar surface area (TPSA) is 97.8 Å². The third kappa shape index (κ3) is 13.7. The number of aliphatic hydroxyl groups is 1. The fraction of sp³-hybridized carbons (Fsp3) is 0.630. The predicted molar refractivity (Wildman–Crippen MR) is 226 cm³/mol. The lowest BCUT2D eigenvalue weighted by Gasteiger charge is -2.40. The van der Waals surface area contributed by atoms with Gasteiger partial charge in [0.15, 0.2) is 0 Å². The number of carbonyl (C=O) groups is 2. The summed E-state index contributed by atoms with van der Waals surface area (Å²) in [6.45, 7) is 10.1. The van der Waals surface area contributed by atoms with Crippen LogP contribution in [0.1, 0.15) is 139 Å². The van der Waals surface area contributed by atoms with Crippen molar-refractivity contribution < 1.29 is 14.7 Å². The van der Waals surface area contributed by atoms with Gasteiger partial charge in [0.2, 0.25) is 5.91 Å². The molecule has 3 N–H and O–H groups in total. The van der Waals surface area contributed by atoms with Crippen molar-refractivity contribution in [3.05, 3.63) is 87.9 Å². The van der Waals surface area contributed by atoms with E-state index < -0.39 is 12.1 Å². The first-order valence-electron chi connectivity index (χ1n) is 21.3. The molecule has 0 spiro atoms. The summed E-state index contributed by atoms with van der Waals surface area (Å²) in [5.41, 5.74) is 3.33. The van der Waals surface area contributed by atoms with Crippen LogP contribution in [0.25, 0.3) is 0 Å². The maximum absolute atomic E-state index is 14.3. The second-order valence-electron chi connectivity index (χ2n) is 17.3. The second-order valence-corrected chi connectivity index (χ2v) is 18.2. The van der Waals surface area contributed by atoms with Crippen LogP contribution in [0.4, 0.5) is 4.79 Å². The van der Waals surface area contributed by atoms with Crippen molar-refractivity contribution >= 4 is 23.3 Å². The van der Waals surface area contributed by atoms with Crippen molar-refractivity contribution in [2.45, 2.75) is 161 Å². The van der Waals surface area contributed by atoms with Crippen LogP contribution in [0.15, 0.2) is 66.0 Å². The van der Waals surface area contributed by atoms with Gasteiger partial charge in [0.05, 0.1) is 23.4 Å². The number of thiazole rings is 1. The predicted octanol–water partition coefficient (Wildman–Crippen LogP) is 9.68. The Labute approximate surface area is 335 Å². The Bertz CT molecular complexity index is 1510. The molecule has 8 nitrogen and oxygen atoms in total. The monoisotopic (exact) mass is 772 g/mol. The summed E-state index contributed by atoms with van der Waals surface area (Å²) in [4.78, 5) is 36.6. The second kappa shape index (κ2) is 21.9. The molecular formula is C46H69N5O3S. The summed E-state index contributed by atoms with van der Waals surface area (Å²) in [6.07, 6.45) is 13.9. The molecule has 1 unspecified atom stereocenters. The number of urea groups is 1. The average molecular weight is 772 g/mol. The molecule has 2 saturated carbocycles. The van der Waals surface area contributed by atoms with E-state index >= 15 is 0 Å². The van der Waals surface area contributed by atoms with Crippen LogP contribution in [0.2, 0.25) is 0 Å². The van der Waals surface area contributed by atoms with E-state index in [1.165, 1.54) is 62.5 Å². The Kier molecular flexibility index (Phi) is 17.0. The minimum atomic E-state index is -0.701. The van der Waals surface area contributed by atoms with Gasteiger partial charge in [-0.1, -0.05) is 153 Å². The molecule has 2 aliphatic carbocycles. The third-order valence-electron chi connectivity index (χ3n) is 11.9. The molecule has 0 radical (unpaired) electrons. The van der Waals surface area contributed by atoms with Gasteiger partial charge in [0, 0.05) is 43.5 Å². The maximum Gasteiger partial charge on any atom is 0.318 e. The van der Waals surface area contributed by atoms with Gasteiger partial charge < -0.3 is 20.6 Å². The number of nitrogens with zero attached hydrogens (tertiary/aromatic N) is 3. The quantitative estimate of drug-likeness (QED) is 0.113. The molecule has 1 aromatic heterocycles. The molecule has 0 bridgehead atoms. The Morgan fingerprint density at radius 3 is 1.84 bits per heavy atom. The van der Waals surface area contributed by atoms with Gasteiger partial charge in [-0.3, -0.25) is 9.69 Å². The fourth-order valence-electron chi connectivity index (χ4n) is 8.77. The molecule has 3 aromatic rings. The molecule has 2 aromatic carbocycles. The van der Waals surface area contributed by atoms with Crippen molar-refractivity contribution in [2.75, 3.05) is 7.05 Å². The fourth-order valence-corrected chi connectivity index (χ4v) is 9.60. The summed E-state index contributed by atoms with van der Waals surface area (Å²) in [5, 5.41) is 22.1. The SMILES string of the molecule is CC(C)c1nc(CN(C)C(=O)N[C@H](C(=O)N[C@@H](CC2CCCCC2)CC(O)[C@H](CC2CCCCC2)N(Cc2ccccc2)Cc2ccccc2)C(C)C)cs1. The van der Waals surface area contributed by atoms with E-state index in [0.29, 0.717) is 30.7 Å². The zero-order valence-corrected chi connectivity index (χ0v) is 35.1. The van der Waals surface area contributed by atoms with Crippen molar-refractivity contribution in [1.82, 2.24) is 25.4 Å². The zero-order chi connectivity index (χ0) is 39.2. The first kappa shape index (κ1) is 42.9. The minimum absolute atomic E-state index is 0.0644. The summed E-state index contributed by atoms with van der Waals surface area (Å²) >= 11 is 1.62. The summed E-state index contributed by atoms with van der Waals surface area (Å²) < 4.78 is 0. The molecule has 3 amide bonds. The summed E-state index contributed by atoms with van der Waals surface area (Å²) in [7, 11) is 1.75.